The van der Waals surface area contributed by atoms with Gasteiger partial charge in [-0.15, -0.1) is 0 Å². The zero-order chi connectivity index (χ0) is 30.7. The molecular formula is C38H24N8. The lowest BCUT2D eigenvalue weighted by molar-refractivity contribution is 1.04. The van der Waals surface area contributed by atoms with E-state index in [2.05, 4.69) is 45.3 Å². The highest BCUT2D eigenvalue weighted by molar-refractivity contribution is 5.84. The van der Waals surface area contributed by atoms with Gasteiger partial charge in [-0.25, -0.2) is 24.9 Å². The molecule has 6 aromatic heterocycles. The van der Waals surface area contributed by atoms with E-state index in [0.717, 1.165) is 50.4 Å². The molecule has 216 valence electrons. The van der Waals surface area contributed by atoms with Crippen molar-refractivity contribution in [1.29, 1.82) is 0 Å². The molecule has 0 radical (unpaired) electrons. The van der Waals surface area contributed by atoms with E-state index in [1.165, 1.54) is 0 Å². The minimum absolute atomic E-state index is 0.439. The first-order valence-corrected chi connectivity index (χ1v) is 14.8. The Kier molecular flexibility index (Phi) is 6.97. The molecule has 6 heterocycles. The molecule has 8 nitrogen and oxygen atoms in total. The lowest BCUT2D eigenvalue weighted by Gasteiger charge is -2.10. The summed E-state index contributed by atoms with van der Waals surface area (Å²) in [6.45, 7) is 0. The molecule has 8 rings (SSSR count). The van der Waals surface area contributed by atoms with Crippen molar-refractivity contribution < 1.29 is 0 Å². The lowest BCUT2D eigenvalue weighted by Crippen LogP contribution is -2.03. The van der Waals surface area contributed by atoms with Gasteiger partial charge in [0.25, 0.3) is 0 Å². The van der Waals surface area contributed by atoms with Crippen molar-refractivity contribution in [1.82, 2.24) is 39.9 Å². The molecule has 0 spiro atoms. The fourth-order valence-electron chi connectivity index (χ4n) is 5.23. The summed E-state index contributed by atoms with van der Waals surface area (Å²) in [5.74, 6) is 1.40. The molecule has 46 heavy (non-hydrogen) atoms. The first kappa shape index (κ1) is 27.0. The summed E-state index contributed by atoms with van der Waals surface area (Å²) in [7, 11) is 0. The number of fused-ring (bicyclic) bond motifs is 1. The minimum Gasteiger partial charge on any atom is -0.256 e. The van der Waals surface area contributed by atoms with Crippen molar-refractivity contribution >= 4 is 10.9 Å². The summed E-state index contributed by atoms with van der Waals surface area (Å²) in [5, 5.41) is 1.09. The van der Waals surface area contributed by atoms with E-state index in [4.69, 9.17) is 24.9 Å². The van der Waals surface area contributed by atoms with Gasteiger partial charge in [0.1, 0.15) is 11.4 Å². The fraction of sp³-hybridized carbons (Fsp3) is 0. The Hall–Kier alpha value is -6.54. The van der Waals surface area contributed by atoms with Crippen molar-refractivity contribution in [2.75, 3.05) is 0 Å². The number of nitrogens with zero attached hydrogens (tertiary/aromatic N) is 8. The van der Waals surface area contributed by atoms with Gasteiger partial charge in [-0.1, -0.05) is 60.7 Å². The highest BCUT2D eigenvalue weighted by Gasteiger charge is 2.16. The Balaban J connectivity index is 1.23. The molecule has 8 heteroatoms. The average molecular weight is 593 g/mol. The fourth-order valence-corrected chi connectivity index (χ4v) is 5.23. The topological polar surface area (TPSA) is 103 Å². The van der Waals surface area contributed by atoms with Crippen LogP contribution in [0.3, 0.4) is 0 Å². The van der Waals surface area contributed by atoms with Crippen LogP contribution in [0.4, 0.5) is 0 Å². The summed E-state index contributed by atoms with van der Waals surface area (Å²) < 4.78 is 0. The number of aromatic nitrogens is 8. The molecule has 8 aromatic rings. The second-order valence-electron chi connectivity index (χ2n) is 10.5. The maximum Gasteiger partial charge on any atom is 0.182 e. The third-order valence-corrected chi connectivity index (χ3v) is 7.53. The molecule has 0 saturated carbocycles. The maximum atomic E-state index is 4.90. The predicted octanol–water partition coefficient (Wildman–Crippen LogP) is 8.00. The van der Waals surface area contributed by atoms with E-state index >= 15 is 0 Å². The Labute approximate surface area is 264 Å². The van der Waals surface area contributed by atoms with E-state index in [0.29, 0.717) is 28.9 Å². The predicted molar refractivity (Wildman–Crippen MR) is 179 cm³/mol. The van der Waals surface area contributed by atoms with Gasteiger partial charge >= 0.3 is 0 Å². The first-order valence-electron chi connectivity index (χ1n) is 14.8. The van der Waals surface area contributed by atoms with E-state index in [-0.39, 0.29) is 0 Å². The van der Waals surface area contributed by atoms with Crippen LogP contribution in [0, 0.1) is 0 Å². The van der Waals surface area contributed by atoms with Crippen molar-refractivity contribution in [2.45, 2.75) is 0 Å². The normalized spacial score (nSPS) is 11.0. The molecule has 0 aliphatic rings. The summed E-state index contributed by atoms with van der Waals surface area (Å²) in [6, 6.07) is 41.5. The molecule has 0 atom stereocenters. The van der Waals surface area contributed by atoms with E-state index in [1.54, 1.807) is 12.4 Å². The van der Waals surface area contributed by atoms with Gasteiger partial charge < -0.3 is 0 Å². The van der Waals surface area contributed by atoms with Crippen LogP contribution >= 0.6 is 0 Å². The van der Waals surface area contributed by atoms with Gasteiger partial charge in [0, 0.05) is 29.5 Å². The van der Waals surface area contributed by atoms with Crippen molar-refractivity contribution in [3.63, 3.8) is 0 Å². The van der Waals surface area contributed by atoms with Crippen LogP contribution in [0.2, 0.25) is 0 Å². The molecule has 0 N–H and O–H groups in total. The van der Waals surface area contributed by atoms with Gasteiger partial charge in [-0.2, -0.15) is 0 Å². The molecule has 0 saturated heterocycles. The molecular weight excluding hydrogens is 568 g/mol. The van der Waals surface area contributed by atoms with Crippen LogP contribution in [-0.4, -0.2) is 39.9 Å². The van der Waals surface area contributed by atoms with E-state index in [1.807, 2.05) is 103 Å². The van der Waals surface area contributed by atoms with Gasteiger partial charge in [0.2, 0.25) is 0 Å². The zero-order valence-corrected chi connectivity index (χ0v) is 24.4. The molecule has 0 fully saturated rings. The number of hydrogen-bond donors (Lipinski definition) is 0. The SMILES string of the molecule is c1ccc(-c2cccc(-c3nc(-c4ccc(-c5ccc6ncccc6c5)cc4)nc(-c4cccc(-c5ccccn5)n4)n3)n2)nc1. The van der Waals surface area contributed by atoms with Crippen LogP contribution in [0.25, 0.3) is 79.2 Å². The molecule has 0 unspecified atom stereocenters. The average Bonchev–Trinajstić information content (AvgIpc) is 3.15. The Morgan fingerprint density at radius 1 is 0.304 bits per heavy atom. The van der Waals surface area contributed by atoms with Crippen LogP contribution in [-0.2, 0) is 0 Å². The summed E-state index contributed by atoms with van der Waals surface area (Å²) in [5.41, 5.74) is 8.21. The Morgan fingerprint density at radius 3 is 1.43 bits per heavy atom. The van der Waals surface area contributed by atoms with Crippen LogP contribution in [0.15, 0.2) is 146 Å². The Bertz CT molecular complexity index is 2210. The van der Waals surface area contributed by atoms with E-state index < -0.39 is 0 Å². The first-order chi connectivity index (χ1) is 22.8. The quantitative estimate of drug-likeness (QED) is 0.191. The second-order valence-corrected chi connectivity index (χ2v) is 10.5. The highest BCUT2D eigenvalue weighted by Crippen LogP contribution is 2.29. The largest absolute Gasteiger partial charge is 0.256 e. The third-order valence-electron chi connectivity index (χ3n) is 7.53. The maximum absolute atomic E-state index is 4.90. The minimum atomic E-state index is 0.439. The van der Waals surface area contributed by atoms with E-state index in [9.17, 15) is 0 Å². The third kappa shape index (κ3) is 5.46. The summed E-state index contributed by atoms with van der Waals surface area (Å²) in [4.78, 5) is 37.8. The van der Waals surface area contributed by atoms with Gasteiger partial charge in [0.05, 0.1) is 28.3 Å². The summed E-state index contributed by atoms with van der Waals surface area (Å²) >= 11 is 0. The van der Waals surface area contributed by atoms with Gasteiger partial charge in [-0.05, 0) is 77.9 Å². The van der Waals surface area contributed by atoms with Crippen molar-refractivity contribution in [2.24, 2.45) is 0 Å². The standard InChI is InChI=1S/C38H24N8/c1-3-21-40-30(9-1)32-11-5-13-34(42-32)37-44-36(45-38(46-37)35-14-6-12-33(43-35)31-10-2-4-22-41-31)26-17-15-25(16-18-26)27-19-20-29-28(24-27)8-7-23-39-29/h1-24H. The lowest BCUT2D eigenvalue weighted by atomic mass is 10.0. The van der Waals surface area contributed by atoms with Crippen LogP contribution < -0.4 is 0 Å². The van der Waals surface area contributed by atoms with Crippen LogP contribution in [0.1, 0.15) is 0 Å². The Morgan fingerprint density at radius 2 is 0.826 bits per heavy atom. The summed E-state index contributed by atoms with van der Waals surface area (Å²) in [6.07, 6.45) is 5.31. The number of benzene rings is 2. The monoisotopic (exact) mass is 592 g/mol. The zero-order valence-electron chi connectivity index (χ0n) is 24.4. The smallest absolute Gasteiger partial charge is 0.182 e. The van der Waals surface area contributed by atoms with Crippen LogP contribution in [0.5, 0.6) is 0 Å². The molecule has 0 aliphatic carbocycles. The second kappa shape index (κ2) is 11.9. The number of hydrogen-bond acceptors (Lipinski definition) is 8. The number of pyridine rings is 5. The van der Waals surface area contributed by atoms with Crippen molar-refractivity contribution in [3.8, 4) is 68.3 Å². The molecule has 0 bridgehead atoms. The number of rotatable bonds is 6. The molecule has 2 aromatic carbocycles. The molecule has 0 aliphatic heterocycles. The molecule has 0 amide bonds. The van der Waals surface area contributed by atoms with Gasteiger partial charge in [-0.3, -0.25) is 15.0 Å². The van der Waals surface area contributed by atoms with Gasteiger partial charge in [0.15, 0.2) is 17.5 Å². The highest BCUT2D eigenvalue weighted by atomic mass is 15.1. The van der Waals surface area contributed by atoms with Crippen molar-refractivity contribution in [3.05, 3.63) is 146 Å².